The second-order valence-corrected chi connectivity index (χ2v) is 5.57. The predicted molar refractivity (Wildman–Crippen MR) is 73.3 cm³/mol. The van der Waals surface area contributed by atoms with Gasteiger partial charge in [0.1, 0.15) is 0 Å². The molecule has 0 aliphatic carbocycles. The number of hydrogen-bond donors (Lipinski definition) is 1. The van der Waals surface area contributed by atoms with E-state index in [1.165, 1.54) is 0 Å². The second kappa shape index (κ2) is 5.92. The van der Waals surface area contributed by atoms with Crippen molar-refractivity contribution >= 4 is 17.6 Å². The van der Waals surface area contributed by atoms with Crippen molar-refractivity contribution in [3.05, 3.63) is 16.4 Å². The fraction of sp³-hybridized carbons (Fsp3) is 0.692. The van der Waals surface area contributed by atoms with Gasteiger partial charge in [-0.25, -0.2) is 0 Å². The van der Waals surface area contributed by atoms with Gasteiger partial charge in [-0.3, -0.25) is 14.4 Å². The Kier molecular flexibility index (Phi) is 4.47. The molecule has 0 radical (unpaired) electrons. The standard InChI is InChI=1S/C13H20ClN3O2/c1-9-13(14)11(16(2)15-9)8-17-6-4-3-5-10(17)7-12(18)19/h10H,3-8H2,1-2H3,(H,18,19). The molecule has 19 heavy (non-hydrogen) atoms. The molecule has 2 rings (SSSR count). The summed E-state index contributed by atoms with van der Waals surface area (Å²) in [4.78, 5) is 13.2. The van der Waals surface area contributed by atoms with E-state index in [-0.39, 0.29) is 12.5 Å². The Labute approximate surface area is 118 Å². The molecule has 0 saturated carbocycles. The van der Waals surface area contributed by atoms with E-state index in [0.717, 1.165) is 37.2 Å². The average Bonchev–Trinajstić information content (AvgIpc) is 2.57. The molecule has 1 saturated heterocycles. The summed E-state index contributed by atoms with van der Waals surface area (Å²) < 4.78 is 1.80. The molecular weight excluding hydrogens is 266 g/mol. The van der Waals surface area contributed by atoms with Crippen molar-refractivity contribution in [1.82, 2.24) is 14.7 Å². The van der Waals surface area contributed by atoms with Crippen molar-refractivity contribution in [2.75, 3.05) is 6.54 Å². The van der Waals surface area contributed by atoms with E-state index in [2.05, 4.69) is 10.00 Å². The molecule has 1 aromatic rings. The van der Waals surface area contributed by atoms with E-state index in [1.54, 1.807) is 4.68 Å². The topological polar surface area (TPSA) is 58.4 Å². The molecule has 6 heteroatoms. The monoisotopic (exact) mass is 285 g/mol. The van der Waals surface area contributed by atoms with E-state index >= 15 is 0 Å². The number of halogens is 1. The van der Waals surface area contributed by atoms with Crippen molar-refractivity contribution in [3.8, 4) is 0 Å². The Balaban J connectivity index is 2.12. The molecule has 0 bridgehead atoms. The van der Waals surface area contributed by atoms with Gasteiger partial charge in [0.15, 0.2) is 0 Å². The first-order chi connectivity index (χ1) is 8.99. The summed E-state index contributed by atoms with van der Waals surface area (Å²) in [6, 6.07) is 0.109. The molecule has 1 unspecified atom stereocenters. The molecule has 1 N–H and O–H groups in total. The smallest absolute Gasteiger partial charge is 0.304 e. The molecule has 5 nitrogen and oxygen atoms in total. The van der Waals surface area contributed by atoms with Crippen LogP contribution in [0.15, 0.2) is 0 Å². The number of piperidine rings is 1. The lowest BCUT2D eigenvalue weighted by atomic mass is 9.99. The van der Waals surface area contributed by atoms with Crippen molar-refractivity contribution in [3.63, 3.8) is 0 Å². The summed E-state index contributed by atoms with van der Waals surface area (Å²) in [5, 5.41) is 14.0. The van der Waals surface area contributed by atoms with Crippen molar-refractivity contribution in [1.29, 1.82) is 0 Å². The molecule has 0 amide bonds. The lowest BCUT2D eigenvalue weighted by Crippen LogP contribution is -2.40. The minimum Gasteiger partial charge on any atom is -0.481 e. The highest BCUT2D eigenvalue weighted by Gasteiger charge is 2.26. The first-order valence-corrected chi connectivity index (χ1v) is 7.00. The Morgan fingerprint density at radius 2 is 2.26 bits per heavy atom. The SMILES string of the molecule is Cc1nn(C)c(CN2CCCCC2CC(=O)O)c1Cl. The quantitative estimate of drug-likeness (QED) is 0.921. The van der Waals surface area contributed by atoms with Crippen LogP contribution in [0.4, 0.5) is 0 Å². The molecule has 0 spiro atoms. The number of aryl methyl sites for hydroxylation is 2. The maximum absolute atomic E-state index is 10.9. The van der Waals surface area contributed by atoms with Gasteiger partial charge in [-0.15, -0.1) is 0 Å². The predicted octanol–water partition coefficient (Wildman–Crippen LogP) is 2.21. The summed E-state index contributed by atoms with van der Waals surface area (Å²) in [6.45, 7) is 3.49. The molecule has 106 valence electrons. The minimum absolute atomic E-state index is 0.109. The summed E-state index contributed by atoms with van der Waals surface area (Å²) in [7, 11) is 1.88. The van der Waals surface area contributed by atoms with Crippen LogP contribution in [0.3, 0.4) is 0 Å². The number of carboxylic acids is 1. The molecule has 2 heterocycles. The maximum atomic E-state index is 10.9. The number of aromatic nitrogens is 2. The van der Waals surface area contributed by atoms with Crippen LogP contribution in [0, 0.1) is 6.92 Å². The number of carbonyl (C=O) groups is 1. The summed E-state index contributed by atoms with van der Waals surface area (Å²) in [5.41, 5.74) is 1.79. The van der Waals surface area contributed by atoms with Gasteiger partial charge < -0.3 is 5.11 Å². The third kappa shape index (κ3) is 3.28. The van der Waals surface area contributed by atoms with E-state index in [9.17, 15) is 4.79 Å². The third-order valence-electron chi connectivity index (χ3n) is 3.77. The first kappa shape index (κ1) is 14.3. The van der Waals surface area contributed by atoms with Gasteiger partial charge in [0.05, 0.1) is 22.8 Å². The minimum atomic E-state index is -0.732. The van der Waals surface area contributed by atoms with Crippen LogP contribution in [-0.4, -0.2) is 38.3 Å². The van der Waals surface area contributed by atoms with Crippen molar-refractivity contribution < 1.29 is 9.90 Å². The first-order valence-electron chi connectivity index (χ1n) is 6.63. The van der Waals surface area contributed by atoms with Crippen LogP contribution in [0.25, 0.3) is 0 Å². The number of nitrogens with zero attached hydrogens (tertiary/aromatic N) is 3. The molecule has 1 aliphatic rings. The number of carboxylic acid groups (broad SMARTS) is 1. The largest absolute Gasteiger partial charge is 0.481 e. The van der Waals surface area contributed by atoms with E-state index in [1.807, 2.05) is 14.0 Å². The van der Waals surface area contributed by atoms with Crippen LogP contribution in [0.2, 0.25) is 5.02 Å². The van der Waals surface area contributed by atoms with Gasteiger partial charge in [0.2, 0.25) is 0 Å². The summed E-state index contributed by atoms with van der Waals surface area (Å²) >= 11 is 6.26. The molecule has 1 aromatic heterocycles. The zero-order valence-corrected chi connectivity index (χ0v) is 12.2. The molecule has 0 aromatic carbocycles. The summed E-state index contributed by atoms with van der Waals surface area (Å²) in [5.74, 6) is -0.732. The van der Waals surface area contributed by atoms with E-state index in [4.69, 9.17) is 16.7 Å². The zero-order chi connectivity index (χ0) is 14.0. The number of aliphatic carboxylic acids is 1. The number of hydrogen-bond acceptors (Lipinski definition) is 3. The fourth-order valence-corrected chi connectivity index (χ4v) is 2.97. The highest BCUT2D eigenvalue weighted by Crippen LogP contribution is 2.26. The van der Waals surface area contributed by atoms with Crippen molar-refractivity contribution in [2.24, 2.45) is 7.05 Å². The third-order valence-corrected chi connectivity index (χ3v) is 4.27. The molecule has 1 aliphatic heterocycles. The van der Waals surface area contributed by atoms with Gasteiger partial charge in [-0.2, -0.15) is 5.10 Å². The van der Waals surface area contributed by atoms with E-state index in [0.29, 0.717) is 11.6 Å². The van der Waals surface area contributed by atoms with Gasteiger partial charge in [-0.1, -0.05) is 18.0 Å². The number of rotatable bonds is 4. The van der Waals surface area contributed by atoms with Gasteiger partial charge in [-0.05, 0) is 26.3 Å². The van der Waals surface area contributed by atoms with E-state index < -0.39 is 5.97 Å². The van der Waals surface area contributed by atoms with Crippen LogP contribution in [0.5, 0.6) is 0 Å². The van der Waals surface area contributed by atoms with Crippen LogP contribution >= 0.6 is 11.6 Å². The average molecular weight is 286 g/mol. The second-order valence-electron chi connectivity index (χ2n) is 5.19. The molecule has 1 atom stereocenters. The van der Waals surface area contributed by atoms with Crippen LogP contribution in [-0.2, 0) is 18.4 Å². The Hall–Kier alpha value is -1.07. The lowest BCUT2D eigenvalue weighted by Gasteiger charge is -2.34. The van der Waals surface area contributed by atoms with Gasteiger partial charge in [0.25, 0.3) is 0 Å². The zero-order valence-electron chi connectivity index (χ0n) is 11.4. The highest BCUT2D eigenvalue weighted by molar-refractivity contribution is 6.31. The number of likely N-dealkylation sites (tertiary alicyclic amines) is 1. The highest BCUT2D eigenvalue weighted by atomic mass is 35.5. The van der Waals surface area contributed by atoms with Crippen LogP contribution in [0.1, 0.15) is 37.1 Å². The maximum Gasteiger partial charge on any atom is 0.304 e. The Bertz CT molecular complexity index is 473. The Morgan fingerprint density at radius 1 is 1.53 bits per heavy atom. The normalized spacial score (nSPS) is 20.7. The van der Waals surface area contributed by atoms with Crippen LogP contribution < -0.4 is 0 Å². The van der Waals surface area contributed by atoms with Crippen molar-refractivity contribution in [2.45, 2.75) is 45.2 Å². The molecule has 1 fully saturated rings. The fourth-order valence-electron chi connectivity index (χ4n) is 2.75. The van der Waals surface area contributed by atoms with Gasteiger partial charge >= 0.3 is 5.97 Å². The van der Waals surface area contributed by atoms with Gasteiger partial charge in [0, 0.05) is 19.6 Å². The lowest BCUT2D eigenvalue weighted by molar-refractivity contribution is -0.138. The Morgan fingerprint density at radius 3 is 2.84 bits per heavy atom. The summed E-state index contributed by atoms with van der Waals surface area (Å²) in [6.07, 6.45) is 3.37. The molecular formula is C13H20ClN3O2.